The van der Waals surface area contributed by atoms with Crippen LogP contribution in [0.2, 0.25) is 0 Å². The highest BCUT2D eigenvalue weighted by Crippen LogP contribution is 2.26. The number of aryl methyl sites for hydroxylation is 1. The highest BCUT2D eigenvalue weighted by atomic mass is 16.5. The molecule has 1 aliphatic heterocycles. The SMILES string of the molecule is CNC(C)c1cc(C)ccc1OCCCN1CCCC1. The molecule has 3 nitrogen and oxygen atoms in total. The van der Waals surface area contributed by atoms with E-state index in [2.05, 4.69) is 42.3 Å². The minimum atomic E-state index is 0.323. The zero-order valence-electron chi connectivity index (χ0n) is 13.1. The molecular formula is C17H28N2O. The summed E-state index contributed by atoms with van der Waals surface area (Å²) >= 11 is 0. The summed E-state index contributed by atoms with van der Waals surface area (Å²) in [5.41, 5.74) is 2.54. The maximum absolute atomic E-state index is 6.01. The largest absolute Gasteiger partial charge is 0.493 e. The predicted molar refractivity (Wildman–Crippen MR) is 84.4 cm³/mol. The van der Waals surface area contributed by atoms with E-state index in [9.17, 15) is 0 Å². The van der Waals surface area contributed by atoms with Gasteiger partial charge in [0.25, 0.3) is 0 Å². The van der Waals surface area contributed by atoms with E-state index in [0.29, 0.717) is 6.04 Å². The maximum Gasteiger partial charge on any atom is 0.124 e. The molecule has 0 radical (unpaired) electrons. The topological polar surface area (TPSA) is 24.5 Å². The molecule has 112 valence electrons. The molecule has 1 aliphatic rings. The molecule has 1 unspecified atom stereocenters. The summed E-state index contributed by atoms with van der Waals surface area (Å²) in [6.07, 6.45) is 3.84. The van der Waals surface area contributed by atoms with Crippen LogP contribution in [0.1, 0.15) is 43.4 Å². The van der Waals surface area contributed by atoms with Gasteiger partial charge in [0.15, 0.2) is 0 Å². The Morgan fingerprint density at radius 2 is 2.05 bits per heavy atom. The molecular weight excluding hydrogens is 248 g/mol. The number of nitrogens with one attached hydrogen (secondary N) is 1. The smallest absolute Gasteiger partial charge is 0.124 e. The van der Waals surface area contributed by atoms with Gasteiger partial charge in [0.2, 0.25) is 0 Å². The Morgan fingerprint density at radius 3 is 2.75 bits per heavy atom. The van der Waals surface area contributed by atoms with E-state index in [1.165, 1.54) is 43.6 Å². The Balaban J connectivity index is 1.84. The third-order valence-electron chi connectivity index (χ3n) is 4.14. The van der Waals surface area contributed by atoms with Crippen LogP contribution in [-0.4, -0.2) is 38.2 Å². The summed E-state index contributed by atoms with van der Waals surface area (Å²) in [6, 6.07) is 6.77. The Kier molecular flexibility index (Phi) is 5.86. The standard InChI is InChI=1S/C17H28N2O/c1-14-7-8-17(16(13-14)15(2)18-3)20-12-6-11-19-9-4-5-10-19/h7-8,13,15,18H,4-6,9-12H2,1-3H3. The molecule has 1 aromatic rings. The molecule has 1 heterocycles. The first-order valence-corrected chi connectivity index (χ1v) is 7.83. The Bertz CT molecular complexity index is 413. The minimum Gasteiger partial charge on any atom is -0.493 e. The summed E-state index contributed by atoms with van der Waals surface area (Å²) in [5, 5.41) is 3.30. The van der Waals surface area contributed by atoms with Crippen molar-refractivity contribution in [2.24, 2.45) is 0 Å². The average molecular weight is 276 g/mol. The highest BCUT2D eigenvalue weighted by molar-refractivity contribution is 5.38. The molecule has 1 atom stereocenters. The molecule has 0 amide bonds. The Morgan fingerprint density at radius 1 is 1.30 bits per heavy atom. The van der Waals surface area contributed by atoms with E-state index in [-0.39, 0.29) is 0 Å². The molecule has 0 saturated carbocycles. The summed E-state index contributed by atoms with van der Waals surface area (Å²) in [7, 11) is 1.99. The van der Waals surface area contributed by atoms with Crippen LogP contribution in [0.5, 0.6) is 5.75 Å². The van der Waals surface area contributed by atoms with Crippen LogP contribution in [0.3, 0.4) is 0 Å². The van der Waals surface area contributed by atoms with Gasteiger partial charge in [0, 0.05) is 18.2 Å². The first kappa shape index (κ1) is 15.3. The van der Waals surface area contributed by atoms with E-state index in [4.69, 9.17) is 4.74 Å². The zero-order valence-corrected chi connectivity index (χ0v) is 13.1. The first-order valence-electron chi connectivity index (χ1n) is 7.83. The number of likely N-dealkylation sites (tertiary alicyclic amines) is 1. The number of benzene rings is 1. The number of hydrogen-bond acceptors (Lipinski definition) is 3. The third kappa shape index (κ3) is 4.22. The second-order valence-corrected chi connectivity index (χ2v) is 5.80. The van der Waals surface area contributed by atoms with Gasteiger partial charge in [-0.3, -0.25) is 0 Å². The number of rotatable bonds is 7. The molecule has 0 aliphatic carbocycles. The van der Waals surface area contributed by atoms with Crippen molar-refractivity contribution < 1.29 is 4.74 Å². The van der Waals surface area contributed by atoms with Crippen LogP contribution >= 0.6 is 0 Å². The molecule has 2 rings (SSSR count). The van der Waals surface area contributed by atoms with E-state index < -0.39 is 0 Å². The van der Waals surface area contributed by atoms with Crippen molar-refractivity contribution >= 4 is 0 Å². The predicted octanol–water partition coefficient (Wildman–Crippen LogP) is 3.14. The fraction of sp³-hybridized carbons (Fsp3) is 0.647. The lowest BCUT2D eigenvalue weighted by Gasteiger charge is -2.18. The number of nitrogens with zero attached hydrogens (tertiary/aromatic N) is 1. The molecule has 20 heavy (non-hydrogen) atoms. The minimum absolute atomic E-state index is 0.323. The molecule has 1 saturated heterocycles. The third-order valence-corrected chi connectivity index (χ3v) is 4.14. The lowest BCUT2D eigenvalue weighted by atomic mass is 10.0. The van der Waals surface area contributed by atoms with E-state index in [0.717, 1.165) is 18.8 Å². The van der Waals surface area contributed by atoms with E-state index in [1.807, 2.05) is 7.05 Å². The van der Waals surface area contributed by atoms with Crippen LogP contribution < -0.4 is 10.1 Å². The summed E-state index contributed by atoms with van der Waals surface area (Å²) < 4.78 is 6.01. The van der Waals surface area contributed by atoms with Crippen LogP contribution in [0.25, 0.3) is 0 Å². The lowest BCUT2D eigenvalue weighted by Crippen LogP contribution is -2.22. The molecule has 0 bridgehead atoms. The van der Waals surface area contributed by atoms with Crippen molar-refractivity contribution in [1.29, 1.82) is 0 Å². The van der Waals surface area contributed by atoms with E-state index >= 15 is 0 Å². The summed E-state index contributed by atoms with van der Waals surface area (Å²) in [4.78, 5) is 2.54. The Hall–Kier alpha value is -1.06. The summed E-state index contributed by atoms with van der Waals surface area (Å²) in [6.45, 7) is 8.82. The lowest BCUT2D eigenvalue weighted by molar-refractivity contribution is 0.260. The second-order valence-electron chi connectivity index (χ2n) is 5.80. The molecule has 0 spiro atoms. The normalized spacial score (nSPS) is 17.4. The van der Waals surface area contributed by atoms with Crippen molar-refractivity contribution in [2.45, 2.75) is 39.2 Å². The van der Waals surface area contributed by atoms with Crippen molar-refractivity contribution in [3.63, 3.8) is 0 Å². The molecule has 3 heteroatoms. The number of ether oxygens (including phenoxy) is 1. The van der Waals surface area contributed by atoms with Crippen LogP contribution in [0.15, 0.2) is 18.2 Å². The van der Waals surface area contributed by atoms with Gasteiger partial charge in [-0.25, -0.2) is 0 Å². The van der Waals surface area contributed by atoms with Gasteiger partial charge in [-0.1, -0.05) is 17.7 Å². The molecule has 1 N–H and O–H groups in total. The average Bonchev–Trinajstić information content (AvgIpc) is 2.97. The highest BCUT2D eigenvalue weighted by Gasteiger charge is 2.12. The quantitative estimate of drug-likeness (QED) is 0.774. The molecule has 1 fully saturated rings. The maximum atomic E-state index is 6.01. The van der Waals surface area contributed by atoms with Gasteiger partial charge < -0.3 is 15.0 Å². The van der Waals surface area contributed by atoms with Gasteiger partial charge in [-0.05, 0) is 59.3 Å². The van der Waals surface area contributed by atoms with Crippen LogP contribution in [0.4, 0.5) is 0 Å². The van der Waals surface area contributed by atoms with E-state index in [1.54, 1.807) is 0 Å². The van der Waals surface area contributed by atoms with Crippen LogP contribution in [-0.2, 0) is 0 Å². The monoisotopic (exact) mass is 276 g/mol. The van der Waals surface area contributed by atoms with Gasteiger partial charge >= 0.3 is 0 Å². The molecule has 0 aromatic heterocycles. The van der Waals surface area contributed by atoms with Crippen molar-refractivity contribution in [3.8, 4) is 5.75 Å². The number of hydrogen-bond donors (Lipinski definition) is 1. The van der Waals surface area contributed by atoms with Crippen molar-refractivity contribution in [1.82, 2.24) is 10.2 Å². The second kappa shape index (κ2) is 7.65. The molecule has 1 aromatic carbocycles. The summed E-state index contributed by atoms with van der Waals surface area (Å²) in [5.74, 6) is 1.03. The fourth-order valence-electron chi connectivity index (χ4n) is 2.77. The first-order chi connectivity index (χ1) is 9.70. The van der Waals surface area contributed by atoms with Crippen molar-refractivity contribution in [3.05, 3.63) is 29.3 Å². The zero-order chi connectivity index (χ0) is 14.4. The van der Waals surface area contributed by atoms with Gasteiger partial charge in [0.05, 0.1) is 6.61 Å². The van der Waals surface area contributed by atoms with Gasteiger partial charge in [0.1, 0.15) is 5.75 Å². The van der Waals surface area contributed by atoms with Crippen molar-refractivity contribution in [2.75, 3.05) is 33.3 Å². The van der Waals surface area contributed by atoms with Gasteiger partial charge in [-0.15, -0.1) is 0 Å². The van der Waals surface area contributed by atoms with Crippen LogP contribution in [0, 0.1) is 6.92 Å². The fourth-order valence-corrected chi connectivity index (χ4v) is 2.77. The van der Waals surface area contributed by atoms with Gasteiger partial charge in [-0.2, -0.15) is 0 Å². The Labute approximate surface area is 123 Å².